The van der Waals surface area contributed by atoms with Gasteiger partial charge in [0, 0.05) is 11.6 Å². The highest BCUT2D eigenvalue weighted by Crippen LogP contribution is 2.68. The average molecular weight is 380 g/mol. The van der Waals surface area contributed by atoms with Crippen molar-refractivity contribution >= 4 is 18.2 Å². The van der Waals surface area contributed by atoms with E-state index in [1.165, 1.54) is 18.4 Å². The fraction of sp³-hybridized carbons (Fsp3) is 0.458. The predicted octanol–water partition coefficient (Wildman–Crippen LogP) is 6.16. The molecule has 0 heterocycles. The molecule has 2 fully saturated rings. The summed E-state index contributed by atoms with van der Waals surface area (Å²) in [6.07, 6.45) is 4.77. The number of ether oxygens (including phenoxy) is 1. The Labute approximate surface area is 167 Å². The molecule has 0 aliphatic heterocycles. The van der Waals surface area contributed by atoms with E-state index in [1.807, 2.05) is 12.3 Å². The second kappa shape index (κ2) is 7.44. The van der Waals surface area contributed by atoms with Crippen molar-refractivity contribution in [2.24, 2.45) is 21.1 Å². The number of hydrogen-bond acceptors (Lipinski definition) is 3. The Bertz CT molecular complexity index is 789. The summed E-state index contributed by atoms with van der Waals surface area (Å²) in [6.45, 7) is 7.99. The molecule has 4 unspecified atom stereocenters. The molecule has 0 spiro atoms. The number of nitrogens with zero attached hydrogens (tertiary/aromatic N) is 1. The standard InChI is InChI=1S/C24H29NOS/c1-23(2)20-14-15-24(23,3)22(26-17-19-12-8-5-9-13-19)21(20)27-25-16-18-10-6-4-7-11-18/h4-13,16,20-22H,14-15,17H2,1-3H3/b25-16+. The third kappa shape index (κ3) is 3.36. The van der Waals surface area contributed by atoms with Crippen molar-refractivity contribution in [3.63, 3.8) is 0 Å². The Hall–Kier alpha value is -1.58. The first-order valence-corrected chi connectivity index (χ1v) is 10.8. The quantitative estimate of drug-likeness (QED) is 0.442. The van der Waals surface area contributed by atoms with E-state index in [0.717, 1.165) is 5.56 Å². The van der Waals surface area contributed by atoms with Crippen LogP contribution in [0.4, 0.5) is 0 Å². The SMILES string of the molecule is CC1(C)C2CCC1(C)C(OCc1ccccc1)C2S/N=C/c1ccccc1. The van der Waals surface area contributed by atoms with Crippen LogP contribution in [0.15, 0.2) is 65.1 Å². The van der Waals surface area contributed by atoms with Crippen LogP contribution in [0.3, 0.4) is 0 Å². The van der Waals surface area contributed by atoms with Gasteiger partial charge in [0.15, 0.2) is 0 Å². The van der Waals surface area contributed by atoms with E-state index < -0.39 is 0 Å². The van der Waals surface area contributed by atoms with Gasteiger partial charge in [-0.15, -0.1) is 0 Å². The number of fused-ring (bicyclic) bond motifs is 2. The van der Waals surface area contributed by atoms with Gasteiger partial charge in [0.2, 0.25) is 0 Å². The molecule has 2 bridgehead atoms. The van der Waals surface area contributed by atoms with E-state index >= 15 is 0 Å². The van der Waals surface area contributed by atoms with E-state index in [4.69, 9.17) is 9.13 Å². The highest BCUT2D eigenvalue weighted by atomic mass is 32.2. The normalized spacial score (nSPS) is 31.6. The maximum atomic E-state index is 6.58. The van der Waals surface area contributed by atoms with Crippen molar-refractivity contribution in [1.29, 1.82) is 0 Å². The van der Waals surface area contributed by atoms with Gasteiger partial charge in [0.1, 0.15) is 0 Å². The molecule has 2 aromatic carbocycles. The van der Waals surface area contributed by atoms with Gasteiger partial charge in [-0.3, -0.25) is 0 Å². The first kappa shape index (κ1) is 18.8. The van der Waals surface area contributed by atoms with Gasteiger partial charge in [0.05, 0.1) is 18.0 Å². The second-order valence-corrected chi connectivity index (χ2v) is 9.68. The van der Waals surface area contributed by atoms with Crippen LogP contribution in [0.5, 0.6) is 0 Å². The zero-order valence-corrected chi connectivity index (χ0v) is 17.3. The van der Waals surface area contributed by atoms with Crippen LogP contribution in [-0.2, 0) is 11.3 Å². The Kier molecular flexibility index (Phi) is 5.17. The van der Waals surface area contributed by atoms with Crippen molar-refractivity contribution in [2.45, 2.75) is 51.6 Å². The van der Waals surface area contributed by atoms with Crippen LogP contribution in [0.1, 0.15) is 44.7 Å². The van der Waals surface area contributed by atoms with Crippen molar-refractivity contribution in [1.82, 2.24) is 0 Å². The molecule has 2 aliphatic rings. The van der Waals surface area contributed by atoms with Crippen LogP contribution < -0.4 is 0 Å². The number of rotatable bonds is 6. The van der Waals surface area contributed by atoms with E-state index in [-0.39, 0.29) is 16.9 Å². The van der Waals surface area contributed by atoms with Gasteiger partial charge < -0.3 is 4.74 Å². The average Bonchev–Trinajstić information content (AvgIpc) is 3.00. The van der Waals surface area contributed by atoms with Crippen LogP contribution in [0, 0.1) is 16.7 Å². The van der Waals surface area contributed by atoms with Gasteiger partial charge in [0.25, 0.3) is 0 Å². The third-order valence-corrected chi connectivity index (χ3v) is 8.20. The molecule has 2 nitrogen and oxygen atoms in total. The molecular formula is C24H29NOS. The van der Waals surface area contributed by atoms with Crippen molar-refractivity contribution in [3.8, 4) is 0 Å². The molecule has 4 atom stereocenters. The molecule has 2 aromatic rings. The van der Waals surface area contributed by atoms with E-state index in [9.17, 15) is 0 Å². The van der Waals surface area contributed by atoms with Gasteiger partial charge in [-0.2, -0.15) is 0 Å². The van der Waals surface area contributed by atoms with Crippen LogP contribution in [0.25, 0.3) is 0 Å². The maximum Gasteiger partial charge on any atom is 0.0777 e. The van der Waals surface area contributed by atoms with E-state index in [2.05, 4.69) is 75.4 Å². The lowest BCUT2D eigenvalue weighted by atomic mass is 9.70. The topological polar surface area (TPSA) is 21.6 Å². The van der Waals surface area contributed by atoms with Crippen molar-refractivity contribution in [3.05, 3.63) is 71.8 Å². The minimum absolute atomic E-state index is 0.215. The molecule has 142 valence electrons. The molecule has 4 rings (SSSR count). The molecule has 2 saturated carbocycles. The number of hydrogen-bond donors (Lipinski definition) is 0. The van der Waals surface area contributed by atoms with Crippen molar-refractivity contribution < 1.29 is 4.74 Å². The van der Waals surface area contributed by atoms with Crippen LogP contribution in [0.2, 0.25) is 0 Å². The highest BCUT2D eigenvalue weighted by molar-refractivity contribution is 7.98. The molecule has 27 heavy (non-hydrogen) atoms. The first-order valence-electron chi connectivity index (χ1n) is 9.92. The van der Waals surface area contributed by atoms with Crippen LogP contribution in [-0.4, -0.2) is 17.6 Å². The van der Waals surface area contributed by atoms with Gasteiger partial charge in [-0.05, 0) is 47.2 Å². The Morgan fingerprint density at radius 1 is 1.04 bits per heavy atom. The minimum Gasteiger partial charge on any atom is -0.372 e. The lowest BCUT2D eigenvalue weighted by Crippen LogP contribution is -2.40. The molecule has 0 saturated heterocycles. The summed E-state index contributed by atoms with van der Waals surface area (Å²) in [4.78, 5) is 0. The Morgan fingerprint density at radius 2 is 1.70 bits per heavy atom. The predicted molar refractivity (Wildman–Crippen MR) is 115 cm³/mol. The van der Waals surface area contributed by atoms with Crippen LogP contribution >= 0.6 is 11.9 Å². The summed E-state index contributed by atoms with van der Waals surface area (Å²) in [7, 11) is 0. The molecule has 0 amide bonds. The highest BCUT2D eigenvalue weighted by Gasteiger charge is 2.67. The number of benzene rings is 2. The fourth-order valence-electron chi connectivity index (χ4n) is 5.09. The van der Waals surface area contributed by atoms with E-state index in [1.54, 1.807) is 11.9 Å². The Balaban J connectivity index is 1.51. The summed E-state index contributed by atoms with van der Waals surface area (Å²) in [6, 6.07) is 20.9. The van der Waals surface area contributed by atoms with Crippen molar-refractivity contribution in [2.75, 3.05) is 0 Å². The summed E-state index contributed by atoms with van der Waals surface area (Å²) >= 11 is 1.73. The van der Waals surface area contributed by atoms with Gasteiger partial charge >= 0.3 is 0 Å². The Morgan fingerprint density at radius 3 is 2.41 bits per heavy atom. The zero-order chi connectivity index (χ0) is 18.9. The molecule has 2 aliphatic carbocycles. The molecule has 0 N–H and O–H groups in total. The fourth-order valence-corrected chi connectivity index (χ4v) is 6.52. The van der Waals surface area contributed by atoms with E-state index in [0.29, 0.717) is 17.8 Å². The molecule has 0 aromatic heterocycles. The largest absolute Gasteiger partial charge is 0.372 e. The summed E-state index contributed by atoms with van der Waals surface area (Å²) in [5.41, 5.74) is 2.90. The first-order chi connectivity index (χ1) is 13.0. The summed E-state index contributed by atoms with van der Waals surface area (Å²) < 4.78 is 11.3. The maximum absolute atomic E-state index is 6.58. The molecule has 3 heteroatoms. The minimum atomic E-state index is 0.215. The summed E-state index contributed by atoms with van der Waals surface area (Å²) in [5.74, 6) is 0.654. The third-order valence-electron chi connectivity index (χ3n) is 7.15. The smallest absolute Gasteiger partial charge is 0.0777 e. The van der Waals surface area contributed by atoms with Gasteiger partial charge in [-0.1, -0.05) is 81.4 Å². The molecular weight excluding hydrogens is 350 g/mol. The monoisotopic (exact) mass is 379 g/mol. The summed E-state index contributed by atoms with van der Waals surface area (Å²) in [5, 5.41) is 0.419. The lowest BCUT2D eigenvalue weighted by Gasteiger charge is -2.39. The van der Waals surface area contributed by atoms with Gasteiger partial charge in [-0.25, -0.2) is 4.40 Å². The lowest BCUT2D eigenvalue weighted by molar-refractivity contribution is -0.0526. The molecule has 0 radical (unpaired) electrons. The second-order valence-electron chi connectivity index (χ2n) is 8.72. The zero-order valence-electron chi connectivity index (χ0n) is 16.5.